The summed E-state index contributed by atoms with van der Waals surface area (Å²) in [4.78, 5) is 21.5. The molecular formula is C29H30N4O5S. The van der Waals surface area contributed by atoms with Gasteiger partial charge in [-0.25, -0.2) is 18.2 Å². The molecule has 0 bridgehead atoms. The van der Waals surface area contributed by atoms with Gasteiger partial charge in [-0.05, 0) is 79.6 Å². The molecule has 39 heavy (non-hydrogen) atoms. The molecule has 4 aromatic rings. The average molecular weight is 547 g/mol. The third kappa shape index (κ3) is 5.46. The SMILES string of the molecule is COc1ccc(N2CCN(c3cc(C(=O)O)c4cc(NS(=O)(=O)c5cc(C)ccc5C)ccc4n3)CC2)cc1. The van der Waals surface area contributed by atoms with Crippen LogP contribution in [0.2, 0.25) is 0 Å². The quantitative estimate of drug-likeness (QED) is 0.344. The number of fused-ring (bicyclic) bond motifs is 1. The second kappa shape index (κ2) is 10.5. The summed E-state index contributed by atoms with van der Waals surface area (Å²) < 4.78 is 34.0. The Hall–Kier alpha value is -4.31. The number of rotatable bonds is 7. The zero-order chi connectivity index (χ0) is 27.7. The summed E-state index contributed by atoms with van der Waals surface area (Å²) in [6, 6.07) is 19.5. The maximum atomic E-state index is 13.1. The number of hydrogen-bond acceptors (Lipinski definition) is 7. The first-order chi connectivity index (χ1) is 18.6. The van der Waals surface area contributed by atoms with E-state index in [2.05, 4.69) is 14.5 Å². The van der Waals surface area contributed by atoms with E-state index in [9.17, 15) is 18.3 Å². The van der Waals surface area contributed by atoms with Gasteiger partial charge in [0, 0.05) is 42.9 Å². The smallest absolute Gasteiger partial charge is 0.336 e. The van der Waals surface area contributed by atoms with Crippen LogP contribution in [0.1, 0.15) is 21.5 Å². The Morgan fingerprint density at radius 1 is 0.923 bits per heavy atom. The lowest BCUT2D eigenvalue weighted by atomic mass is 10.1. The number of nitrogens with zero attached hydrogens (tertiary/aromatic N) is 3. The van der Waals surface area contributed by atoms with Gasteiger partial charge < -0.3 is 19.6 Å². The summed E-state index contributed by atoms with van der Waals surface area (Å²) in [5, 5.41) is 10.4. The van der Waals surface area contributed by atoms with Crippen molar-refractivity contribution in [3.8, 4) is 5.75 Å². The van der Waals surface area contributed by atoms with E-state index in [-0.39, 0.29) is 16.1 Å². The van der Waals surface area contributed by atoms with E-state index >= 15 is 0 Å². The Bertz CT molecular complexity index is 1650. The normalized spacial score (nSPS) is 13.9. The van der Waals surface area contributed by atoms with Gasteiger partial charge in [0.1, 0.15) is 11.6 Å². The number of carbonyl (C=O) groups is 1. The lowest BCUT2D eigenvalue weighted by Crippen LogP contribution is -2.46. The van der Waals surface area contributed by atoms with E-state index in [4.69, 9.17) is 9.72 Å². The van der Waals surface area contributed by atoms with Crippen LogP contribution in [0.15, 0.2) is 71.6 Å². The number of carboxylic acids is 1. The highest BCUT2D eigenvalue weighted by molar-refractivity contribution is 7.92. The van der Waals surface area contributed by atoms with Gasteiger partial charge in [0.25, 0.3) is 10.0 Å². The predicted molar refractivity (Wildman–Crippen MR) is 153 cm³/mol. The van der Waals surface area contributed by atoms with Crippen LogP contribution in [0.25, 0.3) is 10.9 Å². The number of aryl methyl sites for hydroxylation is 2. The first kappa shape index (κ1) is 26.3. The molecule has 1 saturated heterocycles. The molecule has 10 heteroatoms. The fraction of sp³-hybridized carbons (Fsp3) is 0.241. The molecule has 1 fully saturated rings. The molecule has 0 atom stereocenters. The summed E-state index contributed by atoms with van der Waals surface area (Å²) in [7, 11) is -2.22. The Kier molecular flexibility index (Phi) is 7.05. The van der Waals surface area contributed by atoms with E-state index in [1.54, 1.807) is 44.4 Å². The number of benzene rings is 3. The van der Waals surface area contributed by atoms with Crippen LogP contribution in [-0.4, -0.2) is 57.8 Å². The summed E-state index contributed by atoms with van der Waals surface area (Å²) in [6.07, 6.45) is 0. The van der Waals surface area contributed by atoms with E-state index in [0.717, 1.165) is 30.1 Å². The predicted octanol–water partition coefficient (Wildman–Crippen LogP) is 4.69. The Balaban J connectivity index is 1.39. The molecular weight excluding hydrogens is 516 g/mol. The van der Waals surface area contributed by atoms with Crippen molar-refractivity contribution in [3.63, 3.8) is 0 Å². The minimum absolute atomic E-state index is 0.0698. The Labute approximate surface area is 227 Å². The van der Waals surface area contributed by atoms with Gasteiger partial charge in [-0.3, -0.25) is 4.72 Å². The van der Waals surface area contributed by atoms with Gasteiger partial charge in [0.05, 0.1) is 23.1 Å². The number of sulfonamides is 1. The lowest BCUT2D eigenvalue weighted by Gasteiger charge is -2.37. The molecule has 1 aromatic heterocycles. The standard InChI is InChI=1S/C29H30N4O5S/c1-19-4-5-20(2)27(16-19)39(36,37)31-21-6-11-26-24(17-21)25(29(34)35)18-28(30-26)33-14-12-32(13-15-33)22-7-9-23(38-3)10-8-22/h4-11,16-18,31H,12-15H2,1-3H3,(H,34,35). The molecule has 2 N–H and O–H groups in total. The number of methoxy groups -OCH3 is 1. The third-order valence-corrected chi connectivity index (χ3v) is 8.48. The van der Waals surface area contributed by atoms with Crippen molar-refractivity contribution in [2.24, 2.45) is 0 Å². The van der Waals surface area contributed by atoms with Crippen LogP contribution in [0, 0.1) is 13.8 Å². The van der Waals surface area contributed by atoms with Gasteiger partial charge in [0.15, 0.2) is 0 Å². The molecule has 1 aliphatic heterocycles. The van der Waals surface area contributed by atoms with Crippen LogP contribution in [0.3, 0.4) is 0 Å². The maximum Gasteiger partial charge on any atom is 0.336 e. The molecule has 0 spiro atoms. The molecule has 2 heterocycles. The highest BCUT2D eigenvalue weighted by Gasteiger charge is 2.22. The second-order valence-electron chi connectivity index (χ2n) is 9.61. The number of ether oxygens (including phenoxy) is 1. The van der Waals surface area contributed by atoms with Crippen molar-refractivity contribution in [2.75, 3.05) is 47.8 Å². The van der Waals surface area contributed by atoms with Crippen molar-refractivity contribution < 1.29 is 23.1 Å². The van der Waals surface area contributed by atoms with E-state index in [1.165, 1.54) is 6.07 Å². The zero-order valence-corrected chi connectivity index (χ0v) is 22.8. The number of aromatic nitrogens is 1. The van der Waals surface area contributed by atoms with Crippen molar-refractivity contribution in [1.29, 1.82) is 0 Å². The molecule has 0 aliphatic carbocycles. The number of hydrogen-bond donors (Lipinski definition) is 2. The summed E-state index contributed by atoms with van der Waals surface area (Å²) in [6.45, 7) is 6.44. The fourth-order valence-electron chi connectivity index (χ4n) is 4.81. The number of anilines is 3. The maximum absolute atomic E-state index is 13.1. The number of aromatic carboxylic acids is 1. The number of nitrogens with one attached hydrogen (secondary N) is 1. The highest BCUT2D eigenvalue weighted by Crippen LogP contribution is 2.29. The molecule has 9 nitrogen and oxygen atoms in total. The Morgan fingerprint density at radius 3 is 2.28 bits per heavy atom. The van der Waals surface area contributed by atoms with E-state index in [0.29, 0.717) is 35.4 Å². The van der Waals surface area contributed by atoms with Gasteiger partial charge >= 0.3 is 5.97 Å². The molecule has 202 valence electrons. The Morgan fingerprint density at radius 2 is 1.62 bits per heavy atom. The van der Waals surface area contributed by atoms with Crippen molar-refractivity contribution in [2.45, 2.75) is 18.7 Å². The van der Waals surface area contributed by atoms with Crippen molar-refractivity contribution >= 4 is 44.1 Å². The molecule has 0 unspecified atom stereocenters. The molecule has 5 rings (SSSR count). The molecule has 0 amide bonds. The molecule has 0 radical (unpaired) electrons. The zero-order valence-electron chi connectivity index (χ0n) is 22.0. The van der Waals surface area contributed by atoms with Crippen molar-refractivity contribution in [1.82, 2.24) is 4.98 Å². The van der Waals surface area contributed by atoms with Crippen LogP contribution < -0.4 is 19.3 Å². The average Bonchev–Trinajstić information content (AvgIpc) is 2.93. The van der Waals surface area contributed by atoms with E-state index < -0.39 is 16.0 Å². The summed E-state index contributed by atoms with van der Waals surface area (Å²) in [5.74, 6) is 0.285. The number of carboxylic acid groups (broad SMARTS) is 1. The van der Waals surface area contributed by atoms with Gasteiger partial charge in [0.2, 0.25) is 0 Å². The minimum atomic E-state index is -3.86. The second-order valence-corrected chi connectivity index (χ2v) is 11.3. The first-order valence-corrected chi connectivity index (χ1v) is 14.0. The lowest BCUT2D eigenvalue weighted by molar-refractivity contribution is 0.0699. The van der Waals surface area contributed by atoms with Crippen LogP contribution in [0.4, 0.5) is 17.2 Å². The van der Waals surface area contributed by atoms with Gasteiger partial charge in [-0.1, -0.05) is 12.1 Å². The summed E-state index contributed by atoms with van der Waals surface area (Å²) in [5.41, 5.74) is 3.38. The van der Waals surface area contributed by atoms with E-state index in [1.807, 2.05) is 37.3 Å². The molecule has 0 saturated carbocycles. The van der Waals surface area contributed by atoms with Crippen LogP contribution in [-0.2, 0) is 10.0 Å². The fourth-order valence-corrected chi connectivity index (χ4v) is 6.19. The third-order valence-electron chi connectivity index (χ3n) is 6.95. The minimum Gasteiger partial charge on any atom is -0.497 e. The van der Waals surface area contributed by atoms with Crippen LogP contribution >= 0.6 is 0 Å². The van der Waals surface area contributed by atoms with Crippen LogP contribution in [0.5, 0.6) is 5.75 Å². The first-order valence-electron chi connectivity index (χ1n) is 12.6. The highest BCUT2D eigenvalue weighted by atomic mass is 32.2. The molecule has 3 aromatic carbocycles. The summed E-state index contributed by atoms with van der Waals surface area (Å²) >= 11 is 0. The largest absolute Gasteiger partial charge is 0.497 e. The monoisotopic (exact) mass is 546 g/mol. The van der Waals surface area contributed by atoms with Crippen molar-refractivity contribution in [3.05, 3.63) is 83.4 Å². The number of piperazine rings is 1. The van der Waals surface area contributed by atoms with Gasteiger partial charge in [-0.2, -0.15) is 0 Å². The topological polar surface area (TPSA) is 112 Å². The molecule has 1 aliphatic rings. The number of pyridine rings is 1. The van der Waals surface area contributed by atoms with Gasteiger partial charge in [-0.15, -0.1) is 0 Å².